The van der Waals surface area contributed by atoms with Gasteiger partial charge in [0.05, 0.1) is 25.0 Å². The highest BCUT2D eigenvalue weighted by Gasteiger charge is 2.25. The van der Waals surface area contributed by atoms with Gasteiger partial charge in [0.25, 0.3) is 5.88 Å². The number of nitrogens with two attached hydrogens (primary N) is 2. The average Bonchev–Trinajstić information content (AvgIpc) is 3.54. The van der Waals surface area contributed by atoms with E-state index in [0.717, 1.165) is 22.0 Å². The van der Waals surface area contributed by atoms with Gasteiger partial charge in [-0.25, -0.2) is 0 Å². The molecule has 1 unspecified atom stereocenters. The van der Waals surface area contributed by atoms with Gasteiger partial charge in [-0.3, -0.25) is 0 Å². The second-order valence-corrected chi connectivity index (χ2v) is 8.24. The Hall–Kier alpha value is -3.57. The van der Waals surface area contributed by atoms with Crippen LogP contribution in [0, 0.1) is 0 Å². The molecule has 10 nitrogen and oxygen atoms in total. The fourth-order valence-corrected chi connectivity index (χ4v) is 3.68. The van der Waals surface area contributed by atoms with Crippen molar-refractivity contribution in [2.24, 2.45) is 11.5 Å². The summed E-state index contributed by atoms with van der Waals surface area (Å²) in [7, 11) is 0. The first kappa shape index (κ1) is 25.5. The average molecular weight is 513 g/mol. The van der Waals surface area contributed by atoms with E-state index >= 15 is 0 Å². The van der Waals surface area contributed by atoms with E-state index < -0.39 is 6.04 Å². The highest BCUT2D eigenvalue weighted by Crippen LogP contribution is 2.32. The van der Waals surface area contributed by atoms with Crippen LogP contribution in [0.4, 0.5) is 0 Å². The maximum atomic E-state index is 6.61. The minimum Gasteiger partial charge on any atom is -0.486 e. The number of aromatic nitrogens is 4. The molecular weight excluding hydrogens is 484 g/mol. The van der Waals surface area contributed by atoms with E-state index in [1.807, 2.05) is 49.5 Å². The van der Waals surface area contributed by atoms with Crippen molar-refractivity contribution in [3.05, 3.63) is 82.3 Å². The number of rotatable bonds is 13. The SMILES string of the molecule is CCOCCOCOc1n[nH]nc1C(N)C(N)=C(OCc1ccc(Cl)cc1)c1c[nH]c2ccccc12. The number of ether oxygens (including phenoxy) is 4. The summed E-state index contributed by atoms with van der Waals surface area (Å²) in [4.78, 5) is 3.25. The number of H-pyrrole nitrogens is 2. The van der Waals surface area contributed by atoms with Gasteiger partial charge in [0.2, 0.25) is 0 Å². The normalized spacial score (nSPS) is 13.0. The van der Waals surface area contributed by atoms with E-state index in [1.165, 1.54) is 0 Å². The molecule has 11 heteroatoms. The van der Waals surface area contributed by atoms with E-state index in [4.69, 9.17) is 42.0 Å². The lowest BCUT2D eigenvalue weighted by Crippen LogP contribution is -2.23. The number of fused-ring (bicyclic) bond motifs is 1. The lowest BCUT2D eigenvalue weighted by molar-refractivity contribution is -0.0172. The van der Waals surface area contributed by atoms with Gasteiger partial charge in [-0.1, -0.05) is 41.9 Å². The summed E-state index contributed by atoms with van der Waals surface area (Å²) in [6.07, 6.45) is 1.84. The zero-order chi connectivity index (χ0) is 25.3. The van der Waals surface area contributed by atoms with Crippen LogP contribution < -0.4 is 16.2 Å². The zero-order valence-corrected chi connectivity index (χ0v) is 20.6. The number of benzene rings is 2. The van der Waals surface area contributed by atoms with Crippen LogP contribution in [0.5, 0.6) is 5.88 Å². The third-order valence-electron chi connectivity index (χ3n) is 5.42. The van der Waals surface area contributed by atoms with Crippen LogP contribution in [0.1, 0.15) is 29.8 Å². The second kappa shape index (κ2) is 12.4. The van der Waals surface area contributed by atoms with Gasteiger partial charge in [0, 0.05) is 34.3 Å². The van der Waals surface area contributed by atoms with E-state index in [-0.39, 0.29) is 25.0 Å². The molecule has 0 saturated carbocycles. The number of hydrogen-bond acceptors (Lipinski definition) is 8. The molecule has 190 valence electrons. The molecule has 4 aromatic rings. The third-order valence-corrected chi connectivity index (χ3v) is 5.67. The number of nitrogens with zero attached hydrogens (tertiary/aromatic N) is 2. The third kappa shape index (κ3) is 6.16. The summed E-state index contributed by atoms with van der Waals surface area (Å²) in [6.45, 7) is 3.62. The summed E-state index contributed by atoms with van der Waals surface area (Å²) < 4.78 is 22.5. The molecule has 0 radical (unpaired) electrons. The van der Waals surface area contributed by atoms with Crippen LogP contribution >= 0.6 is 11.6 Å². The van der Waals surface area contributed by atoms with Crippen molar-refractivity contribution in [1.29, 1.82) is 0 Å². The van der Waals surface area contributed by atoms with Gasteiger partial charge in [-0.2, -0.15) is 10.3 Å². The van der Waals surface area contributed by atoms with Crippen molar-refractivity contribution >= 4 is 28.3 Å². The van der Waals surface area contributed by atoms with Crippen molar-refractivity contribution in [2.45, 2.75) is 19.6 Å². The molecule has 2 heterocycles. The number of nitrogens with one attached hydrogen (secondary N) is 2. The predicted octanol–water partition coefficient (Wildman–Crippen LogP) is 3.87. The fourth-order valence-electron chi connectivity index (χ4n) is 3.56. The topological polar surface area (TPSA) is 146 Å². The minimum absolute atomic E-state index is 0.0364. The lowest BCUT2D eigenvalue weighted by Gasteiger charge is -2.18. The van der Waals surface area contributed by atoms with Crippen molar-refractivity contribution in [3.63, 3.8) is 0 Å². The smallest absolute Gasteiger partial charge is 0.260 e. The van der Waals surface area contributed by atoms with Crippen LogP contribution in [0.15, 0.2) is 60.4 Å². The van der Waals surface area contributed by atoms with Crippen LogP contribution in [-0.2, 0) is 20.8 Å². The second-order valence-electron chi connectivity index (χ2n) is 7.81. The van der Waals surface area contributed by atoms with Crippen molar-refractivity contribution in [2.75, 3.05) is 26.6 Å². The molecule has 0 fully saturated rings. The Bertz CT molecular complexity index is 1290. The molecule has 0 amide bonds. The van der Waals surface area contributed by atoms with E-state index in [2.05, 4.69) is 20.4 Å². The van der Waals surface area contributed by atoms with Gasteiger partial charge >= 0.3 is 0 Å². The van der Waals surface area contributed by atoms with Crippen LogP contribution in [-0.4, -0.2) is 47.0 Å². The highest BCUT2D eigenvalue weighted by atomic mass is 35.5. The maximum Gasteiger partial charge on any atom is 0.260 e. The Kier molecular flexibility index (Phi) is 8.80. The standard InChI is InChI=1S/C25H29ClN6O4/c1-2-33-11-12-34-15-36-25-23(30-32-31-25)21(27)22(28)24(35-14-16-7-9-17(26)10-8-16)19-13-29-20-6-4-3-5-18(19)20/h3-10,13,21,29H,2,11-12,14-15,27-28H2,1H3,(H,30,31,32). The number of aromatic amines is 2. The van der Waals surface area contributed by atoms with E-state index in [1.54, 1.807) is 12.1 Å². The van der Waals surface area contributed by atoms with Crippen molar-refractivity contribution in [1.82, 2.24) is 20.4 Å². The molecule has 0 aliphatic heterocycles. The Balaban J connectivity index is 1.59. The molecule has 2 aromatic heterocycles. The Morgan fingerprint density at radius 3 is 2.64 bits per heavy atom. The van der Waals surface area contributed by atoms with E-state index in [9.17, 15) is 0 Å². The zero-order valence-electron chi connectivity index (χ0n) is 19.9. The summed E-state index contributed by atoms with van der Waals surface area (Å²) in [5, 5.41) is 12.3. The van der Waals surface area contributed by atoms with Gasteiger partial charge in [0.1, 0.15) is 18.1 Å². The summed E-state index contributed by atoms with van der Waals surface area (Å²) >= 11 is 6.02. The molecule has 6 N–H and O–H groups in total. The first-order valence-electron chi connectivity index (χ1n) is 11.5. The fraction of sp³-hybridized carbons (Fsp3) is 0.280. The molecule has 0 saturated heterocycles. The Morgan fingerprint density at radius 2 is 1.83 bits per heavy atom. The van der Waals surface area contributed by atoms with Crippen LogP contribution in [0.25, 0.3) is 16.7 Å². The van der Waals surface area contributed by atoms with Gasteiger partial charge in [0.15, 0.2) is 6.79 Å². The first-order chi connectivity index (χ1) is 17.6. The largest absolute Gasteiger partial charge is 0.486 e. The number of halogens is 1. The molecule has 36 heavy (non-hydrogen) atoms. The molecule has 0 aliphatic rings. The van der Waals surface area contributed by atoms with Crippen molar-refractivity contribution in [3.8, 4) is 5.88 Å². The maximum absolute atomic E-state index is 6.61. The van der Waals surface area contributed by atoms with Gasteiger partial charge in [-0.15, -0.1) is 5.10 Å². The van der Waals surface area contributed by atoms with Gasteiger partial charge < -0.3 is 35.4 Å². The molecule has 2 aromatic carbocycles. The molecule has 4 rings (SSSR count). The predicted molar refractivity (Wildman–Crippen MR) is 137 cm³/mol. The monoisotopic (exact) mass is 512 g/mol. The molecule has 1 atom stereocenters. The first-order valence-corrected chi connectivity index (χ1v) is 11.8. The Labute approximate surface area is 213 Å². The quantitative estimate of drug-likeness (QED) is 0.120. The number of para-hydroxylation sites is 1. The lowest BCUT2D eigenvalue weighted by atomic mass is 10.1. The number of hydrogen-bond donors (Lipinski definition) is 4. The molecular formula is C25H29ClN6O4. The van der Waals surface area contributed by atoms with Crippen LogP contribution in [0.3, 0.4) is 0 Å². The van der Waals surface area contributed by atoms with E-state index in [0.29, 0.717) is 36.3 Å². The highest BCUT2D eigenvalue weighted by molar-refractivity contribution is 6.30. The molecule has 0 bridgehead atoms. The summed E-state index contributed by atoms with van der Waals surface area (Å²) in [5.74, 6) is 0.620. The summed E-state index contributed by atoms with van der Waals surface area (Å²) in [6, 6.07) is 14.4. The molecule has 0 aliphatic carbocycles. The summed E-state index contributed by atoms with van der Waals surface area (Å²) in [5.41, 5.74) is 16.4. The van der Waals surface area contributed by atoms with Crippen molar-refractivity contribution < 1.29 is 18.9 Å². The Morgan fingerprint density at radius 1 is 1.06 bits per heavy atom. The minimum atomic E-state index is -0.865. The molecule has 0 spiro atoms. The van der Waals surface area contributed by atoms with Gasteiger partial charge in [-0.05, 0) is 30.7 Å². The van der Waals surface area contributed by atoms with Crippen LogP contribution in [0.2, 0.25) is 5.02 Å².